The van der Waals surface area contributed by atoms with Crippen molar-refractivity contribution in [1.29, 1.82) is 5.26 Å². The molecule has 0 aliphatic carbocycles. The molecule has 2 aromatic carbocycles. The van der Waals surface area contributed by atoms with Gasteiger partial charge in [-0.15, -0.1) is 23.1 Å². The van der Waals surface area contributed by atoms with Crippen LogP contribution in [0.15, 0.2) is 53.4 Å². The molecule has 2 heterocycles. The fourth-order valence-corrected chi connectivity index (χ4v) is 6.52. The van der Waals surface area contributed by atoms with Crippen molar-refractivity contribution in [2.45, 2.75) is 63.3 Å². The summed E-state index contributed by atoms with van der Waals surface area (Å²) < 4.78 is 5.51. The van der Waals surface area contributed by atoms with Crippen molar-refractivity contribution in [3.05, 3.63) is 70.1 Å². The van der Waals surface area contributed by atoms with E-state index in [1.807, 2.05) is 83.1 Å². The number of carbonyl (C=O) groups excluding carboxylic acids is 2. The topological polar surface area (TPSA) is 106 Å². The molecule has 3 aromatic rings. The first-order valence-corrected chi connectivity index (χ1v) is 15.3. The Hall–Kier alpha value is -3.59. The molecule has 1 aromatic heterocycles. The number of thiophene rings is 1. The van der Waals surface area contributed by atoms with E-state index in [4.69, 9.17) is 17.0 Å². The van der Waals surface area contributed by atoms with Crippen LogP contribution in [0.4, 0.5) is 21.2 Å². The number of thioether (sulfide) groups is 1. The number of nitriles is 1. The highest BCUT2D eigenvalue weighted by Crippen LogP contribution is 2.37. The maximum absolute atomic E-state index is 13.2. The molecule has 4 rings (SSSR count). The number of amides is 2. The normalized spacial score (nSPS) is 13.4. The SMILES string of the molecule is Cc1ccc(NC(=S)Nc2cccc(SC(C)C(=O)Nc3sc4c(c3C#N)CCN(C(=O)OC(C)(C)C)C4)c2)cc1. The third-order valence-electron chi connectivity index (χ3n) is 6.14. The predicted octanol–water partition coefficient (Wildman–Crippen LogP) is 7.15. The van der Waals surface area contributed by atoms with Gasteiger partial charge in [0.1, 0.15) is 16.7 Å². The lowest BCUT2D eigenvalue weighted by Crippen LogP contribution is -2.39. The first-order valence-electron chi connectivity index (χ1n) is 13.2. The van der Waals surface area contributed by atoms with Crippen LogP contribution in [0.25, 0.3) is 0 Å². The minimum Gasteiger partial charge on any atom is -0.444 e. The lowest BCUT2D eigenvalue weighted by Gasteiger charge is -2.29. The third-order valence-corrected chi connectivity index (χ3v) is 8.57. The summed E-state index contributed by atoms with van der Waals surface area (Å²) in [7, 11) is 0. The molecule has 0 fully saturated rings. The zero-order chi connectivity index (χ0) is 29.7. The number of hydrogen-bond acceptors (Lipinski definition) is 7. The standard InChI is InChI=1S/C30H33N5O3S3/c1-18-9-11-20(12-10-18)32-28(39)33-21-7-6-8-22(15-21)40-19(2)26(36)34-27-24(16-31)23-13-14-35(17-25(23)41-27)29(37)38-30(3,4)5/h6-12,15,19H,13-14,17H2,1-5H3,(H,34,36)(H2,32,33,39). The molecule has 2 amide bonds. The molecule has 0 saturated heterocycles. The van der Waals surface area contributed by atoms with E-state index in [-0.39, 0.29) is 12.0 Å². The van der Waals surface area contributed by atoms with Crippen molar-refractivity contribution in [2.75, 3.05) is 22.5 Å². The highest BCUT2D eigenvalue weighted by molar-refractivity contribution is 8.00. The minimum atomic E-state index is -0.586. The van der Waals surface area contributed by atoms with Crippen LogP contribution in [-0.2, 0) is 22.5 Å². The lowest BCUT2D eigenvalue weighted by molar-refractivity contribution is -0.115. The fraction of sp³-hybridized carbons (Fsp3) is 0.333. The maximum Gasteiger partial charge on any atom is 0.410 e. The van der Waals surface area contributed by atoms with E-state index >= 15 is 0 Å². The molecule has 1 aliphatic heterocycles. The smallest absolute Gasteiger partial charge is 0.410 e. The number of aryl methyl sites for hydroxylation is 1. The van der Waals surface area contributed by atoms with Gasteiger partial charge in [-0.2, -0.15) is 5.26 Å². The molecule has 1 atom stereocenters. The second-order valence-corrected chi connectivity index (χ2v) is 13.6. The van der Waals surface area contributed by atoms with Gasteiger partial charge in [-0.1, -0.05) is 23.8 Å². The van der Waals surface area contributed by atoms with E-state index < -0.39 is 10.9 Å². The number of rotatable bonds is 6. The minimum absolute atomic E-state index is 0.205. The van der Waals surface area contributed by atoms with Gasteiger partial charge in [-0.3, -0.25) is 4.79 Å². The summed E-state index contributed by atoms with van der Waals surface area (Å²) in [6.45, 7) is 10.2. The van der Waals surface area contributed by atoms with E-state index in [1.165, 1.54) is 28.7 Å². The second-order valence-electron chi connectivity index (χ2n) is 10.7. The monoisotopic (exact) mass is 607 g/mol. The summed E-state index contributed by atoms with van der Waals surface area (Å²) >= 11 is 8.21. The molecule has 41 heavy (non-hydrogen) atoms. The highest BCUT2D eigenvalue weighted by atomic mass is 32.2. The van der Waals surface area contributed by atoms with Crippen LogP contribution < -0.4 is 16.0 Å². The summed E-state index contributed by atoms with van der Waals surface area (Å²) in [6, 6.07) is 17.9. The molecule has 8 nitrogen and oxygen atoms in total. The number of carbonyl (C=O) groups is 2. The van der Waals surface area contributed by atoms with Gasteiger partial charge in [0.2, 0.25) is 5.91 Å². The Labute approximate surface area is 254 Å². The van der Waals surface area contributed by atoms with Crippen molar-refractivity contribution in [2.24, 2.45) is 0 Å². The van der Waals surface area contributed by atoms with Crippen molar-refractivity contribution in [3.8, 4) is 6.07 Å². The van der Waals surface area contributed by atoms with Crippen LogP contribution >= 0.6 is 35.3 Å². The van der Waals surface area contributed by atoms with Crippen LogP contribution in [0, 0.1) is 18.3 Å². The van der Waals surface area contributed by atoms with Gasteiger partial charge in [0.15, 0.2) is 5.11 Å². The summed E-state index contributed by atoms with van der Waals surface area (Å²) in [4.78, 5) is 29.1. The van der Waals surface area contributed by atoms with Crippen molar-refractivity contribution in [3.63, 3.8) is 0 Å². The Morgan fingerprint density at radius 1 is 1.12 bits per heavy atom. The van der Waals surface area contributed by atoms with Gasteiger partial charge in [-0.25, -0.2) is 4.79 Å². The summed E-state index contributed by atoms with van der Waals surface area (Å²) in [5.74, 6) is -0.205. The van der Waals surface area contributed by atoms with E-state index in [2.05, 4.69) is 22.0 Å². The zero-order valence-corrected chi connectivity index (χ0v) is 26.1. The van der Waals surface area contributed by atoms with Crippen LogP contribution in [0.3, 0.4) is 0 Å². The van der Waals surface area contributed by atoms with Crippen molar-refractivity contribution < 1.29 is 14.3 Å². The summed E-state index contributed by atoms with van der Waals surface area (Å²) in [6.07, 6.45) is 0.156. The average Bonchev–Trinajstić information content (AvgIpc) is 3.25. The Morgan fingerprint density at radius 3 is 2.51 bits per heavy atom. The van der Waals surface area contributed by atoms with E-state index in [9.17, 15) is 14.9 Å². The van der Waals surface area contributed by atoms with Crippen LogP contribution in [0.5, 0.6) is 0 Å². The van der Waals surface area contributed by atoms with Crippen LogP contribution in [0.2, 0.25) is 0 Å². The number of benzene rings is 2. The molecule has 1 aliphatic rings. The van der Waals surface area contributed by atoms with Gasteiger partial charge in [0.25, 0.3) is 0 Å². The molecular weight excluding hydrogens is 575 g/mol. The summed E-state index contributed by atoms with van der Waals surface area (Å²) in [5, 5.41) is 19.7. The van der Waals surface area contributed by atoms with Gasteiger partial charge in [0.05, 0.1) is 17.4 Å². The van der Waals surface area contributed by atoms with Crippen LogP contribution in [-0.4, -0.2) is 39.4 Å². The number of thiocarbonyl (C=S) groups is 1. The molecule has 0 spiro atoms. The number of ether oxygens (including phenoxy) is 1. The first kappa shape index (κ1) is 30.4. The number of nitrogens with one attached hydrogen (secondary N) is 3. The fourth-order valence-electron chi connectivity index (χ4n) is 4.14. The number of fused-ring (bicyclic) bond motifs is 1. The number of anilines is 3. The quantitative estimate of drug-likeness (QED) is 0.200. The number of hydrogen-bond donors (Lipinski definition) is 3. The van der Waals surface area contributed by atoms with Gasteiger partial charge in [0, 0.05) is 27.7 Å². The maximum atomic E-state index is 13.2. The van der Waals surface area contributed by atoms with Gasteiger partial charge < -0.3 is 25.6 Å². The molecule has 0 radical (unpaired) electrons. The van der Waals surface area contributed by atoms with E-state index in [0.29, 0.717) is 35.2 Å². The molecule has 214 valence electrons. The lowest BCUT2D eigenvalue weighted by atomic mass is 10.0. The average molecular weight is 608 g/mol. The summed E-state index contributed by atoms with van der Waals surface area (Å²) in [5.41, 5.74) is 3.65. The molecule has 11 heteroatoms. The molecule has 3 N–H and O–H groups in total. The first-order chi connectivity index (χ1) is 19.4. The molecular formula is C30H33N5O3S3. The zero-order valence-electron chi connectivity index (χ0n) is 23.7. The second kappa shape index (κ2) is 12.9. The van der Waals surface area contributed by atoms with Crippen molar-refractivity contribution >= 4 is 68.8 Å². The number of nitrogens with zero attached hydrogens (tertiary/aromatic N) is 2. The Morgan fingerprint density at radius 2 is 1.83 bits per heavy atom. The molecule has 0 bridgehead atoms. The van der Waals surface area contributed by atoms with E-state index in [1.54, 1.807) is 4.90 Å². The highest BCUT2D eigenvalue weighted by Gasteiger charge is 2.30. The Kier molecular flexibility index (Phi) is 9.58. The van der Waals surface area contributed by atoms with Gasteiger partial charge >= 0.3 is 6.09 Å². The van der Waals surface area contributed by atoms with Crippen molar-refractivity contribution in [1.82, 2.24) is 4.90 Å². The largest absolute Gasteiger partial charge is 0.444 e. The Bertz CT molecular complexity index is 1490. The third kappa shape index (κ3) is 8.22. The van der Waals surface area contributed by atoms with Gasteiger partial charge in [-0.05, 0) is 89.2 Å². The predicted molar refractivity (Wildman–Crippen MR) is 171 cm³/mol. The van der Waals surface area contributed by atoms with Crippen LogP contribution in [0.1, 0.15) is 49.3 Å². The Balaban J connectivity index is 1.37. The molecule has 1 unspecified atom stereocenters. The molecule has 0 saturated carbocycles. The van der Waals surface area contributed by atoms with E-state index in [0.717, 1.165) is 26.7 Å².